The van der Waals surface area contributed by atoms with Crippen LogP contribution in [0.5, 0.6) is 0 Å². The van der Waals surface area contributed by atoms with Gasteiger partial charge in [0.2, 0.25) is 5.91 Å². The molecule has 0 aromatic heterocycles. The topological polar surface area (TPSA) is 87.7 Å². The maximum Gasteiger partial charge on any atom is 0.325 e. The van der Waals surface area contributed by atoms with Gasteiger partial charge in [-0.3, -0.25) is 14.5 Å². The summed E-state index contributed by atoms with van der Waals surface area (Å²) in [5.74, 6) is -0.267. The molecule has 2 N–H and O–H groups in total. The SMILES string of the molecule is COCCNC(=O)CN1C(=O)N[C@](C)(CCC(C)C)C1=O. The van der Waals surface area contributed by atoms with Gasteiger partial charge in [-0.15, -0.1) is 0 Å². The summed E-state index contributed by atoms with van der Waals surface area (Å²) in [4.78, 5) is 36.9. The number of hydrogen-bond acceptors (Lipinski definition) is 4. The molecule has 21 heavy (non-hydrogen) atoms. The van der Waals surface area contributed by atoms with E-state index in [-0.39, 0.29) is 18.4 Å². The van der Waals surface area contributed by atoms with Crippen LogP contribution in [0.3, 0.4) is 0 Å². The van der Waals surface area contributed by atoms with Gasteiger partial charge in [0.1, 0.15) is 12.1 Å². The van der Waals surface area contributed by atoms with E-state index in [1.807, 2.05) is 0 Å². The van der Waals surface area contributed by atoms with Crippen LogP contribution in [0.2, 0.25) is 0 Å². The van der Waals surface area contributed by atoms with Crippen LogP contribution in [-0.4, -0.2) is 55.1 Å². The summed E-state index contributed by atoms with van der Waals surface area (Å²) in [5, 5.41) is 5.28. The fourth-order valence-electron chi connectivity index (χ4n) is 2.13. The molecular weight excluding hydrogens is 274 g/mol. The molecule has 0 bridgehead atoms. The van der Waals surface area contributed by atoms with Crippen molar-refractivity contribution in [2.24, 2.45) is 5.92 Å². The maximum atomic E-state index is 12.4. The van der Waals surface area contributed by atoms with Crippen molar-refractivity contribution in [3.05, 3.63) is 0 Å². The van der Waals surface area contributed by atoms with Gasteiger partial charge in [0.15, 0.2) is 0 Å². The van der Waals surface area contributed by atoms with Gasteiger partial charge in [-0.25, -0.2) is 4.79 Å². The van der Waals surface area contributed by atoms with Crippen molar-refractivity contribution >= 4 is 17.8 Å². The zero-order valence-electron chi connectivity index (χ0n) is 13.2. The van der Waals surface area contributed by atoms with Crippen LogP contribution in [0.25, 0.3) is 0 Å². The Bertz CT molecular complexity index is 411. The third-order valence-corrected chi connectivity index (χ3v) is 3.50. The highest BCUT2D eigenvalue weighted by molar-refractivity contribution is 6.08. The van der Waals surface area contributed by atoms with Crippen molar-refractivity contribution in [3.8, 4) is 0 Å². The van der Waals surface area contributed by atoms with Crippen LogP contribution in [0, 0.1) is 5.92 Å². The van der Waals surface area contributed by atoms with E-state index in [0.717, 1.165) is 11.3 Å². The molecule has 0 aromatic carbocycles. The molecule has 1 aliphatic rings. The lowest BCUT2D eigenvalue weighted by atomic mass is 9.92. The van der Waals surface area contributed by atoms with Gasteiger partial charge >= 0.3 is 6.03 Å². The number of carbonyl (C=O) groups is 3. The molecule has 0 aliphatic carbocycles. The van der Waals surface area contributed by atoms with E-state index in [1.54, 1.807) is 6.92 Å². The third-order valence-electron chi connectivity index (χ3n) is 3.50. The first kappa shape index (κ1) is 17.4. The zero-order chi connectivity index (χ0) is 16.0. The van der Waals surface area contributed by atoms with Crippen LogP contribution in [0.15, 0.2) is 0 Å². The largest absolute Gasteiger partial charge is 0.383 e. The van der Waals surface area contributed by atoms with Gasteiger partial charge in [-0.05, 0) is 25.7 Å². The molecule has 1 heterocycles. The fourth-order valence-corrected chi connectivity index (χ4v) is 2.13. The highest BCUT2D eigenvalue weighted by Gasteiger charge is 2.47. The molecule has 1 fully saturated rings. The van der Waals surface area contributed by atoms with Gasteiger partial charge in [-0.1, -0.05) is 13.8 Å². The number of rotatable bonds is 8. The molecule has 4 amide bonds. The Hall–Kier alpha value is -1.63. The van der Waals surface area contributed by atoms with E-state index < -0.39 is 11.6 Å². The van der Waals surface area contributed by atoms with Crippen molar-refractivity contribution in [1.82, 2.24) is 15.5 Å². The molecule has 1 saturated heterocycles. The molecular formula is C14H25N3O4. The predicted molar refractivity (Wildman–Crippen MR) is 77.6 cm³/mol. The lowest BCUT2D eigenvalue weighted by Gasteiger charge is -2.22. The van der Waals surface area contributed by atoms with Crippen molar-refractivity contribution in [3.63, 3.8) is 0 Å². The molecule has 7 nitrogen and oxygen atoms in total. The zero-order valence-corrected chi connectivity index (χ0v) is 13.2. The van der Waals surface area contributed by atoms with Crippen LogP contribution < -0.4 is 10.6 Å². The molecule has 0 spiro atoms. The third kappa shape index (κ3) is 4.70. The molecule has 120 valence electrons. The average Bonchev–Trinajstić information content (AvgIpc) is 2.61. The number of amides is 4. The van der Waals surface area contributed by atoms with Gasteiger partial charge in [-0.2, -0.15) is 0 Å². The van der Waals surface area contributed by atoms with Crippen molar-refractivity contribution in [2.45, 2.75) is 39.2 Å². The van der Waals surface area contributed by atoms with Gasteiger partial charge in [0.25, 0.3) is 5.91 Å². The normalized spacial score (nSPS) is 21.9. The first-order chi connectivity index (χ1) is 9.80. The monoisotopic (exact) mass is 299 g/mol. The summed E-state index contributed by atoms with van der Waals surface area (Å²) in [7, 11) is 1.53. The standard InChI is InChI=1S/C14H25N3O4/c1-10(2)5-6-14(3)12(19)17(13(20)16-14)9-11(18)15-7-8-21-4/h10H,5-9H2,1-4H3,(H,15,18)(H,16,20)/t14-/m1/s1. The lowest BCUT2D eigenvalue weighted by molar-refractivity contribution is -0.134. The summed E-state index contributed by atoms with van der Waals surface area (Å²) >= 11 is 0. The smallest absolute Gasteiger partial charge is 0.325 e. The Labute approximate surface area is 125 Å². The minimum Gasteiger partial charge on any atom is -0.383 e. The number of nitrogens with one attached hydrogen (secondary N) is 2. The minimum absolute atomic E-state index is 0.258. The second-order valence-electron chi connectivity index (χ2n) is 5.93. The molecule has 0 radical (unpaired) electrons. The maximum absolute atomic E-state index is 12.4. The van der Waals surface area contributed by atoms with Crippen molar-refractivity contribution < 1.29 is 19.1 Å². The van der Waals surface area contributed by atoms with E-state index >= 15 is 0 Å². The second kappa shape index (κ2) is 7.40. The predicted octanol–water partition coefficient (Wildman–Crippen LogP) is 0.496. The number of hydrogen-bond donors (Lipinski definition) is 2. The summed E-state index contributed by atoms with van der Waals surface area (Å²) in [6.45, 7) is 6.31. The van der Waals surface area contributed by atoms with E-state index in [0.29, 0.717) is 25.5 Å². The summed E-state index contributed by atoms with van der Waals surface area (Å²) < 4.78 is 4.82. The highest BCUT2D eigenvalue weighted by atomic mass is 16.5. The first-order valence-corrected chi connectivity index (χ1v) is 7.20. The van der Waals surface area contributed by atoms with Crippen LogP contribution in [-0.2, 0) is 14.3 Å². The van der Waals surface area contributed by atoms with Crippen LogP contribution in [0.1, 0.15) is 33.6 Å². The van der Waals surface area contributed by atoms with E-state index in [1.165, 1.54) is 7.11 Å². The molecule has 7 heteroatoms. The van der Waals surface area contributed by atoms with Gasteiger partial charge in [0.05, 0.1) is 6.61 Å². The number of carbonyl (C=O) groups excluding carboxylic acids is 3. The molecule has 0 aromatic rings. The number of imide groups is 1. The number of methoxy groups -OCH3 is 1. The Kier molecular flexibility index (Phi) is 6.14. The van der Waals surface area contributed by atoms with Crippen molar-refractivity contribution in [2.75, 3.05) is 26.8 Å². The molecule has 1 aliphatic heterocycles. The summed E-state index contributed by atoms with van der Waals surface area (Å²) in [6, 6.07) is -0.506. The minimum atomic E-state index is -0.909. The Morgan fingerprint density at radius 2 is 2.10 bits per heavy atom. The Morgan fingerprint density at radius 1 is 1.43 bits per heavy atom. The fraction of sp³-hybridized carbons (Fsp3) is 0.786. The second-order valence-corrected chi connectivity index (χ2v) is 5.93. The quantitative estimate of drug-likeness (QED) is 0.504. The lowest BCUT2D eigenvalue weighted by Crippen LogP contribution is -2.45. The van der Waals surface area contributed by atoms with Gasteiger partial charge in [0, 0.05) is 13.7 Å². The number of urea groups is 1. The number of nitrogens with zero attached hydrogens (tertiary/aromatic N) is 1. The summed E-state index contributed by atoms with van der Waals surface area (Å²) in [5.41, 5.74) is -0.909. The van der Waals surface area contributed by atoms with E-state index in [9.17, 15) is 14.4 Å². The Balaban J connectivity index is 2.58. The average molecular weight is 299 g/mol. The van der Waals surface area contributed by atoms with E-state index in [4.69, 9.17) is 4.74 Å². The Morgan fingerprint density at radius 3 is 2.67 bits per heavy atom. The molecule has 0 unspecified atom stereocenters. The number of ether oxygens (including phenoxy) is 1. The molecule has 1 rings (SSSR count). The highest BCUT2D eigenvalue weighted by Crippen LogP contribution is 2.24. The molecule has 0 saturated carbocycles. The summed E-state index contributed by atoms with van der Waals surface area (Å²) in [6.07, 6.45) is 1.40. The van der Waals surface area contributed by atoms with E-state index in [2.05, 4.69) is 24.5 Å². The van der Waals surface area contributed by atoms with Gasteiger partial charge < -0.3 is 15.4 Å². The van der Waals surface area contributed by atoms with Crippen LogP contribution in [0.4, 0.5) is 4.79 Å². The van der Waals surface area contributed by atoms with Crippen molar-refractivity contribution in [1.29, 1.82) is 0 Å². The first-order valence-electron chi connectivity index (χ1n) is 7.20. The van der Waals surface area contributed by atoms with Crippen LogP contribution >= 0.6 is 0 Å². The molecule has 1 atom stereocenters.